The Morgan fingerprint density at radius 3 is 2.47 bits per heavy atom. The van der Waals surface area contributed by atoms with E-state index < -0.39 is 0 Å². The molecule has 0 aromatic heterocycles. The van der Waals surface area contributed by atoms with Crippen LogP contribution in [0.4, 0.5) is 15.8 Å². The van der Waals surface area contributed by atoms with Crippen LogP contribution in [0, 0.1) is 9.39 Å². The molecule has 17 heavy (non-hydrogen) atoms. The van der Waals surface area contributed by atoms with Crippen molar-refractivity contribution in [1.82, 2.24) is 0 Å². The summed E-state index contributed by atoms with van der Waals surface area (Å²) in [5.74, 6) is -0.212. The molecule has 0 saturated carbocycles. The van der Waals surface area contributed by atoms with E-state index in [0.29, 0.717) is 6.54 Å². The molecule has 0 fully saturated rings. The molecule has 2 aromatic rings. The van der Waals surface area contributed by atoms with E-state index in [0.717, 1.165) is 20.5 Å². The Morgan fingerprint density at radius 2 is 1.82 bits per heavy atom. The van der Waals surface area contributed by atoms with Crippen LogP contribution in [-0.4, -0.2) is 0 Å². The smallest absolute Gasteiger partial charge is 0.123 e. The predicted octanol–water partition coefficient (Wildman–Crippen LogP) is 3.62. The second-order valence-corrected chi connectivity index (χ2v) is 4.88. The first kappa shape index (κ1) is 12.2. The van der Waals surface area contributed by atoms with Crippen molar-refractivity contribution in [1.29, 1.82) is 0 Å². The van der Waals surface area contributed by atoms with Crippen molar-refractivity contribution in [2.24, 2.45) is 0 Å². The number of halogens is 2. The van der Waals surface area contributed by atoms with Crippen molar-refractivity contribution in [3.05, 3.63) is 57.4 Å². The molecule has 88 valence electrons. The van der Waals surface area contributed by atoms with Gasteiger partial charge in [-0.05, 0) is 58.5 Å². The molecule has 2 nitrogen and oxygen atoms in total. The molecule has 0 heterocycles. The zero-order valence-electron chi connectivity index (χ0n) is 9.08. The molecule has 2 rings (SSSR count). The Labute approximate surface area is 113 Å². The molecule has 4 heteroatoms. The molecule has 0 bridgehead atoms. The van der Waals surface area contributed by atoms with Crippen LogP contribution in [0.1, 0.15) is 5.56 Å². The third kappa shape index (κ3) is 3.33. The van der Waals surface area contributed by atoms with Crippen molar-refractivity contribution >= 4 is 34.0 Å². The van der Waals surface area contributed by atoms with Crippen LogP contribution < -0.4 is 11.1 Å². The second kappa shape index (κ2) is 5.35. The molecule has 0 aliphatic carbocycles. The molecule has 0 radical (unpaired) electrons. The Morgan fingerprint density at radius 1 is 1.12 bits per heavy atom. The summed E-state index contributed by atoms with van der Waals surface area (Å²) < 4.78 is 13.8. The first-order valence-electron chi connectivity index (χ1n) is 5.18. The lowest BCUT2D eigenvalue weighted by molar-refractivity contribution is 0.627. The lowest BCUT2D eigenvalue weighted by atomic mass is 10.2. The van der Waals surface area contributed by atoms with Crippen molar-refractivity contribution in [3.63, 3.8) is 0 Å². The summed E-state index contributed by atoms with van der Waals surface area (Å²) >= 11 is 2.23. The summed E-state index contributed by atoms with van der Waals surface area (Å²) in [7, 11) is 0. The predicted molar refractivity (Wildman–Crippen MR) is 77.3 cm³/mol. The van der Waals surface area contributed by atoms with E-state index in [1.165, 1.54) is 12.1 Å². The van der Waals surface area contributed by atoms with E-state index in [2.05, 4.69) is 27.9 Å². The normalized spacial score (nSPS) is 10.2. The van der Waals surface area contributed by atoms with Crippen molar-refractivity contribution in [3.8, 4) is 0 Å². The summed E-state index contributed by atoms with van der Waals surface area (Å²) in [6.45, 7) is 0.667. The van der Waals surface area contributed by atoms with E-state index in [1.54, 1.807) is 12.1 Å². The first-order chi connectivity index (χ1) is 8.15. The second-order valence-electron chi connectivity index (χ2n) is 3.72. The summed E-state index contributed by atoms with van der Waals surface area (Å²) in [4.78, 5) is 0. The van der Waals surface area contributed by atoms with Gasteiger partial charge in [-0.15, -0.1) is 0 Å². The molecular formula is C13H12FIN2. The molecular weight excluding hydrogens is 330 g/mol. The fourth-order valence-corrected chi connectivity index (χ4v) is 2.20. The third-order valence-electron chi connectivity index (χ3n) is 2.39. The van der Waals surface area contributed by atoms with E-state index >= 15 is 0 Å². The zero-order valence-corrected chi connectivity index (χ0v) is 11.2. The van der Waals surface area contributed by atoms with Crippen LogP contribution in [0.5, 0.6) is 0 Å². The number of hydrogen-bond donors (Lipinski definition) is 2. The molecule has 0 spiro atoms. The molecule has 2 aromatic carbocycles. The van der Waals surface area contributed by atoms with Gasteiger partial charge in [-0.25, -0.2) is 4.39 Å². The van der Waals surface area contributed by atoms with Gasteiger partial charge in [0.05, 0.1) is 0 Å². The molecule has 0 aliphatic heterocycles. The first-order valence-corrected chi connectivity index (χ1v) is 6.26. The number of nitrogens with one attached hydrogen (secondary N) is 1. The average molecular weight is 342 g/mol. The maximum absolute atomic E-state index is 12.7. The van der Waals surface area contributed by atoms with Gasteiger partial charge in [0.2, 0.25) is 0 Å². The Balaban J connectivity index is 2.04. The van der Waals surface area contributed by atoms with Gasteiger partial charge < -0.3 is 11.1 Å². The number of anilines is 2. The quantitative estimate of drug-likeness (QED) is 0.660. The highest BCUT2D eigenvalue weighted by Gasteiger charge is 2.00. The lowest BCUT2D eigenvalue weighted by Gasteiger charge is -2.09. The molecule has 0 aliphatic rings. The Kier molecular flexibility index (Phi) is 3.83. The summed E-state index contributed by atoms with van der Waals surface area (Å²) in [5.41, 5.74) is 8.50. The largest absolute Gasteiger partial charge is 0.399 e. The minimum atomic E-state index is -0.212. The maximum atomic E-state index is 12.7. The molecule has 0 saturated heterocycles. The van der Waals surface area contributed by atoms with Crippen LogP contribution in [0.3, 0.4) is 0 Å². The molecule has 0 atom stereocenters. The van der Waals surface area contributed by atoms with Crippen LogP contribution in [0.15, 0.2) is 42.5 Å². The molecule has 0 amide bonds. The molecule has 0 unspecified atom stereocenters. The average Bonchev–Trinajstić information content (AvgIpc) is 2.30. The van der Waals surface area contributed by atoms with E-state index in [4.69, 9.17) is 5.73 Å². The lowest BCUT2D eigenvalue weighted by Crippen LogP contribution is -2.01. The third-order valence-corrected chi connectivity index (χ3v) is 3.28. The highest BCUT2D eigenvalue weighted by atomic mass is 127. The van der Waals surface area contributed by atoms with Crippen molar-refractivity contribution < 1.29 is 4.39 Å². The van der Waals surface area contributed by atoms with E-state index in [9.17, 15) is 4.39 Å². The zero-order chi connectivity index (χ0) is 12.3. The fourth-order valence-electron chi connectivity index (χ4n) is 1.47. The fraction of sp³-hybridized carbons (Fsp3) is 0.0769. The van der Waals surface area contributed by atoms with Crippen LogP contribution in [0.2, 0.25) is 0 Å². The summed E-state index contributed by atoms with van der Waals surface area (Å²) in [5, 5.41) is 3.29. The number of nitrogens with two attached hydrogens (primary N) is 1. The molecule has 3 N–H and O–H groups in total. The number of hydrogen-bond acceptors (Lipinski definition) is 2. The van der Waals surface area contributed by atoms with Crippen molar-refractivity contribution in [2.75, 3.05) is 11.1 Å². The summed E-state index contributed by atoms with van der Waals surface area (Å²) in [6.07, 6.45) is 0. The van der Waals surface area contributed by atoms with Gasteiger partial charge in [-0.2, -0.15) is 0 Å². The van der Waals surface area contributed by atoms with Crippen molar-refractivity contribution in [2.45, 2.75) is 6.54 Å². The SMILES string of the molecule is Nc1ccc(NCc2ccc(F)cc2)c(I)c1. The van der Waals surface area contributed by atoms with Gasteiger partial charge in [-0.1, -0.05) is 12.1 Å². The van der Waals surface area contributed by atoms with E-state index in [1.807, 2.05) is 18.2 Å². The monoisotopic (exact) mass is 342 g/mol. The standard InChI is InChI=1S/C13H12FIN2/c14-10-3-1-9(2-4-10)8-17-13-6-5-11(16)7-12(13)15/h1-7,17H,8,16H2. The van der Waals surface area contributed by atoms with Gasteiger partial charge in [0, 0.05) is 21.5 Å². The Bertz CT molecular complexity index is 511. The van der Waals surface area contributed by atoms with Gasteiger partial charge >= 0.3 is 0 Å². The van der Waals surface area contributed by atoms with Crippen LogP contribution in [-0.2, 0) is 6.54 Å². The van der Waals surface area contributed by atoms with Gasteiger partial charge in [-0.3, -0.25) is 0 Å². The van der Waals surface area contributed by atoms with Crippen LogP contribution >= 0.6 is 22.6 Å². The van der Waals surface area contributed by atoms with Crippen LogP contribution in [0.25, 0.3) is 0 Å². The van der Waals surface area contributed by atoms with Gasteiger partial charge in [0.15, 0.2) is 0 Å². The number of rotatable bonds is 3. The minimum absolute atomic E-state index is 0.212. The minimum Gasteiger partial charge on any atom is -0.399 e. The Hall–Kier alpha value is -1.30. The van der Waals surface area contributed by atoms with Gasteiger partial charge in [0.1, 0.15) is 5.82 Å². The highest BCUT2D eigenvalue weighted by molar-refractivity contribution is 14.1. The van der Waals surface area contributed by atoms with E-state index in [-0.39, 0.29) is 5.82 Å². The maximum Gasteiger partial charge on any atom is 0.123 e. The highest BCUT2D eigenvalue weighted by Crippen LogP contribution is 2.21. The van der Waals surface area contributed by atoms with Gasteiger partial charge in [0.25, 0.3) is 0 Å². The topological polar surface area (TPSA) is 38.0 Å². The number of benzene rings is 2. The number of nitrogen functional groups attached to an aromatic ring is 1. The summed E-state index contributed by atoms with van der Waals surface area (Å²) in [6, 6.07) is 12.2.